The van der Waals surface area contributed by atoms with Gasteiger partial charge >= 0.3 is 0 Å². The molecule has 5 nitrogen and oxygen atoms in total. The fourth-order valence-corrected chi connectivity index (χ4v) is 4.36. The number of hydrogen-bond donors (Lipinski definition) is 1. The van der Waals surface area contributed by atoms with Crippen molar-refractivity contribution in [3.05, 3.63) is 88.2 Å². The Hall–Kier alpha value is -3.05. The molecule has 0 saturated carbocycles. The maximum absolute atomic E-state index is 13.4. The zero-order valence-corrected chi connectivity index (χ0v) is 18.6. The number of nitrogens with one attached hydrogen (secondary N) is 1. The minimum atomic E-state index is -0.0314. The largest absolute Gasteiger partial charge is 0.378 e. The highest BCUT2D eigenvalue weighted by Crippen LogP contribution is 2.32. The van der Waals surface area contributed by atoms with Gasteiger partial charge in [-0.2, -0.15) is 0 Å². The first kappa shape index (κ1) is 21.2. The number of rotatable bonds is 6. The summed E-state index contributed by atoms with van der Waals surface area (Å²) in [4.78, 5) is 15.7. The Bertz CT molecular complexity index is 1030. The standard InChI is InChI=1S/C26H31N3O2/c1-19-9-11-23(12-10-19)18-29-21(3)24(28-13-15-31-16-14-28)20(2)25(29)26(30)27-17-22-7-5-4-6-8-22/h4-12H,13-18H2,1-3H3,(H,27,30). The molecule has 2 heterocycles. The summed E-state index contributed by atoms with van der Waals surface area (Å²) in [7, 11) is 0. The fourth-order valence-electron chi connectivity index (χ4n) is 4.36. The van der Waals surface area contributed by atoms with Crippen molar-refractivity contribution in [1.82, 2.24) is 9.88 Å². The second-order valence-corrected chi connectivity index (χ2v) is 8.25. The van der Waals surface area contributed by atoms with Gasteiger partial charge in [0.1, 0.15) is 5.69 Å². The number of hydrogen-bond acceptors (Lipinski definition) is 3. The van der Waals surface area contributed by atoms with Crippen molar-refractivity contribution in [2.24, 2.45) is 0 Å². The van der Waals surface area contributed by atoms with Gasteiger partial charge in [-0.05, 0) is 31.9 Å². The molecule has 0 unspecified atom stereocenters. The first-order valence-electron chi connectivity index (χ1n) is 10.9. The molecule has 1 saturated heterocycles. The number of anilines is 1. The number of morpholine rings is 1. The van der Waals surface area contributed by atoms with Crippen LogP contribution in [0.1, 0.15) is 38.4 Å². The molecule has 162 valence electrons. The number of aromatic nitrogens is 1. The van der Waals surface area contributed by atoms with Crippen LogP contribution in [0.3, 0.4) is 0 Å². The van der Waals surface area contributed by atoms with Crippen LogP contribution < -0.4 is 10.2 Å². The highest BCUT2D eigenvalue weighted by molar-refractivity contribution is 5.96. The molecule has 4 rings (SSSR count). The van der Waals surface area contributed by atoms with Crippen molar-refractivity contribution in [2.45, 2.75) is 33.9 Å². The summed E-state index contributed by atoms with van der Waals surface area (Å²) in [6.45, 7) is 10.6. The van der Waals surface area contributed by atoms with Crippen LogP contribution in [0.2, 0.25) is 0 Å². The first-order valence-corrected chi connectivity index (χ1v) is 10.9. The van der Waals surface area contributed by atoms with E-state index >= 15 is 0 Å². The summed E-state index contributed by atoms with van der Waals surface area (Å²) in [5, 5.41) is 3.13. The van der Waals surface area contributed by atoms with Crippen LogP contribution >= 0.6 is 0 Å². The summed E-state index contributed by atoms with van der Waals surface area (Å²) < 4.78 is 7.72. The van der Waals surface area contributed by atoms with E-state index in [2.05, 4.69) is 59.8 Å². The highest BCUT2D eigenvalue weighted by atomic mass is 16.5. The lowest BCUT2D eigenvalue weighted by Gasteiger charge is -2.29. The number of nitrogens with zero attached hydrogens (tertiary/aromatic N) is 2. The predicted octanol–water partition coefficient (Wildman–Crippen LogP) is 4.23. The third-order valence-electron chi connectivity index (χ3n) is 6.03. The van der Waals surface area contributed by atoms with E-state index in [1.54, 1.807) is 0 Å². The van der Waals surface area contributed by atoms with Gasteiger partial charge in [-0.3, -0.25) is 4.79 Å². The zero-order chi connectivity index (χ0) is 21.8. The van der Waals surface area contributed by atoms with Gasteiger partial charge < -0.3 is 19.5 Å². The summed E-state index contributed by atoms with van der Waals surface area (Å²) >= 11 is 0. The van der Waals surface area contributed by atoms with Gasteiger partial charge in [0, 0.05) is 37.4 Å². The second kappa shape index (κ2) is 9.40. The number of aryl methyl sites for hydroxylation is 1. The minimum Gasteiger partial charge on any atom is -0.378 e. The smallest absolute Gasteiger partial charge is 0.268 e. The normalized spacial score (nSPS) is 14.0. The summed E-state index contributed by atoms with van der Waals surface area (Å²) in [5.41, 5.74) is 7.60. The van der Waals surface area contributed by atoms with Crippen LogP contribution in [0.25, 0.3) is 0 Å². The fraction of sp³-hybridized carbons (Fsp3) is 0.346. The van der Waals surface area contributed by atoms with E-state index in [4.69, 9.17) is 4.74 Å². The molecule has 1 N–H and O–H groups in total. The average molecular weight is 418 g/mol. The Morgan fingerprint density at radius 3 is 2.29 bits per heavy atom. The summed E-state index contributed by atoms with van der Waals surface area (Å²) in [6.07, 6.45) is 0. The van der Waals surface area contributed by atoms with Crippen LogP contribution in [-0.2, 0) is 17.8 Å². The molecule has 1 aromatic heterocycles. The number of benzene rings is 2. The van der Waals surface area contributed by atoms with E-state index in [9.17, 15) is 4.79 Å². The molecule has 1 aliphatic rings. The molecule has 31 heavy (non-hydrogen) atoms. The molecule has 0 atom stereocenters. The number of carbonyl (C=O) groups is 1. The van der Waals surface area contributed by atoms with E-state index in [-0.39, 0.29) is 5.91 Å². The monoisotopic (exact) mass is 417 g/mol. The maximum Gasteiger partial charge on any atom is 0.268 e. The summed E-state index contributed by atoms with van der Waals surface area (Å²) in [5.74, 6) is -0.0314. The van der Waals surface area contributed by atoms with Crippen molar-refractivity contribution < 1.29 is 9.53 Å². The van der Waals surface area contributed by atoms with Gasteiger partial charge in [-0.25, -0.2) is 0 Å². The lowest BCUT2D eigenvalue weighted by Crippen LogP contribution is -2.36. The van der Waals surface area contributed by atoms with E-state index < -0.39 is 0 Å². The quantitative estimate of drug-likeness (QED) is 0.653. The van der Waals surface area contributed by atoms with Crippen LogP contribution in [0.4, 0.5) is 5.69 Å². The lowest BCUT2D eigenvalue weighted by atomic mass is 10.1. The minimum absolute atomic E-state index is 0.0314. The predicted molar refractivity (Wildman–Crippen MR) is 125 cm³/mol. The van der Waals surface area contributed by atoms with Gasteiger partial charge in [0.2, 0.25) is 0 Å². The summed E-state index contributed by atoms with van der Waals surface area (Å²) in [6, 6.07) is 18.6. The molecule has 2 aromatic carbocycles. The third kappa shape index (κ3) is 4.67. The van der Waals surface area contributed by atoms with Crippen molar-refractivity contribution >= 4 is 11.6 Å². The molecule has 1 amide bonds. The highest BCUT2D eigenvalue weighted by Gasteiger charge is 2.26. The average Bonchev–Trinajstić information content (AvgIpc) is 3.04. The Kier molecular flexibility index (Phi) is 6.42. The van der Waals surface area contributed by atoms with E-state index in [1.807, 2.05) is 30.3 Å². The number of ether oxygens (including phenoxy) is 1. The van der Waals surface area contributed by atoms with E-state index in [0.29, 0.717) is 13.1 Å². The zero-order valence-electron chi connectivity index (χ0n) is 18.6. The van der Waals surface area contributed by atoms with Gasteiger partial charge in [0.05, 0.1) is 18.9 Å². The van der Waals surface area contributed by atoms with Gasteiger partial charge in [0.15, 0.2) is 0 Å². The molecule has 1 fully saturated rings. The van der Waals surface area contributed by atoms with Crippen molar-refractivity contribution in [3.8, 4) is 0 Å². The molecule has 1 aliphatic heterocycles. The van der Waals surface area contributed by atoms with E-state index in [0.717, 1.165) is 48.8 Å². The molecule has 0 aliphatic carbocycles. The molecule has 0 spiro atoms. The van der Waals surface area contributed by atoms with Gasteiger partial charge in [0.25, 0.3) is 5.91 Å². The Morgan fingerprint density at radius 2 is 1.61 bits per heavy atom. The van der Waals surface area contributed by atoms with Crippen LogP contribution in [0.5, 0.6) is 0 Å². The molecular weight excluding hydrogens is 386 g/mol. The SMILES string of the molecule is Cc1ccc(Cn2c(C)c(N3CCOCC3)c(C)c2C(=O)NCc2ccccc2)cc1. The number of carbonyl (C=O) groups excluding carboxylic acids is 1. The van der Waals surface area contributed by atoms with Crippen molar-refractivity contribution in [3.63, 3.8) is 0 Å². The maximum atomic E-state index is 13.4. The number of amides is 1. The Morgan fingerprint density at radius 1 is 0.935 bits per heavy atom. The molecule has 3 aromatic rings. The molecular formula is C26H31N3O2. The third-order valence-corrected chi connectivity index (χ3v) is 6.03. The van der Waals surface area contributed by atoms with E-state index in [1.165, 1.54) is 16.8 Å². The van der Waals surface area contributed by atoms with Gasteiger partial charge in [-0.1, -0.05) is 60.2 Å². The second-order valence-electron chi connectivity index (χ2n) is 8.25. The molecule has 0 bridgehead atoms. The van der Waals surface area contributed by atoms with Crippen molar-refractivity contribution in [1.29, 1.82) is 0 Å². The topological polar surface area (TPSA) is 46.5 Å². The van der Waals surface area contributed by atoms with Gasteiger partial charge in [-0.15, -0.1) is 0 Å². The first-order chi connectivity index (χ1) is 15.0. The molecule has 5 heteroatoms. The Labute approximate surface area is 184 Å². The van der Waals surface area contributed by atoms with Crippen LogP contribution in [0.15, 0.2) is 54.6 Å². The lowest BCUT2D eigenvalue weighted by molar-refractivity contribution is 0.0941. The van der Waals surface area contributed by atoms with Crippen molar-refractivity contribution in [2.75, 3.05) is 31.2 Å². The van der Waals surface area contributed by atoms with Crippen LogP contribution in [0, 0.1) is 20.8 Å². The Balaban J connectivity index is 1.68. The molecule has 0 radical (unpaired) electrons. The van der Waals surface area contributed by atoms with Crippen LogP contribution in [-0.4, -0.2) is 36.8 Å².